The largest absolute Gasteiger partial charge is 0.390 e. The van der Waals surface area contributed by atoms with Crippen LogP contribution in [0, 0.1) is 13.1 Å². The number of alkyl halides is 6. The molecule has 0 spiro atoms. The van der Waals surface area contributed by atoms with Crippen LogP contribution in [0.1, 0.15) is 53.0 Å². The number of aromatic nitrogens is 8. The third-order valence-electron chi connectivity index (χ3n) is 11.3. The Bertz CT molecular complexity index is 2810. The first-order valence-corrected chi connectivity index (χ1v) is 24.9. The second kappa shape index (κ2) is 19.4. The highest BCUT2D eigenvalue weighted by Gasteiger charge is 2.32. The van der Waals surface area contributed by atoms with Crippen LogP contribution in [0.3, 0.4) is 0 Å². The van der Waals surface area contributed by atoms with Gasteiger partial charge in [0.15, 0.2) is 0 Å². The summed E-state index contributed by atoms with van der Waals surface area (Å²) in [6, 6.07) is 4.17. The molecule has 0 fully saturated rings. The zero-order valence-corrected chi connectivity index (χ0v) is 37.4. The topological polar surface area (TPSA) is 153 Å². The first-order chi connectivity index (χ1) is 31.3. The van der Waals surface area contributed by atoms with Crippen LogP contribution in [0.15, 0.2) is 49.6 Å². The smallest absolute Gasteiger partial charge is 0.361 e. The first-order valence-electron chi connectivity index (χ1n) is 21.2. The van der Waals surface area contributed by atoms with Crippen LogP contribution in [0.5, 0.6) is 0 Å². The molecular weight excluding hydrogens is 889 g/mol. The summed E-state index contributed by atoms with van der Waals surface area (Å²) in [6.07, 6.45) is -0.782. The minimum absolute atomic E-state index is 0.229. The summed E-state index contributed by atoms with van der Waals surface area (Å²) in [6.45, 7) is 24.1. The average Bonchev–Trinajstić information content (AvgIpc) is 4.07. The van der Waals surface area contributed by atoms with Gasteiger partial charge in [-0.05, 0) is 48.6 Å². The first kappa shape index (κ1) is 47.2. The van der Waals surface area contributed by atoms with Crippen LogP contribution in [0.4, 0.5) is 54.1 Å². The van der Waals surface area contributed by atoms with Gasteiger partial charge in [0.2, 0.25) is 17.3 Å². The van der Waals surface area contributed by atoms with E-state index in [-0.39, 0.29) is 19.4 Å². The number of nitrogens with zero attached hydrogens (tertiary/aromatic N) is 11. The van der Waals surface area contributed by atoms with E-state index in [1.54, 1.807) is 6.20 Å². The maximum Gasteiger partial charge on any atom is 0.390 e. The van der Waals surface area contributed by atoms with Crippen LogP contribution in [-0.4, -0.2) is 97.2 Å². The summed E-state index contributed by atoms with van der Waals surface area (Å²) in [4.78, 5) is 56.8. The van der Waals surface area contributed by atoms with Crippen LogP contribution >= 0.6 is 0 Å². The number of carbonyl (C=O) groups excluding carboxylic acids is 2. The summed E-state index contributed by atoms with van der Waals surface area (Å²) in [5.41, 5.74) is 4.85. The van der Waals surface area contributed by atoms with Crippen molar-refractivity contribution < 1.29 is 40.7 Å². The summed E-state index contributed by atoms with van der Waals surface area (Å²) in [7, 11) is -1.19. The fourth-order valence-electron chi connectivity index (χ4n) is 7.96. The van der Waals surface area contributed by atoms with E-state index in [0.29, 0.717) is 85.9 Å². The summed E-state index contributed by atoms with van der Waals surface area (Å²) in [5, 5.41) is 3.98. The lowest BCUT2D eigenvalue weighted by molar-refractivity contribution is -0.135. The van der Waals surface area contributed by atoms with E-state index in [1.807, 2.05) is 32.7 Å². The molecule has 0 atom stereocenters. The van der Waals surface area contributed by atoms with Crippen molar-refractivity contribution in [2.45, 2.75) is 96.4 Å². The highest BCUT2D eigenvalue weighted by Crippen LogP contribution is 2.36. The predicted molar refractivity (Wildman–Crippen MR) is 236 cm³/mol. The summed E-state index contributed by atoms with van der Waals surface area (Å²) >= 11 is 0. The lowest BCUT2D eigenvalue weighted by Crippen LogP contribution is -2.36. The number of ether oxygens (including phenoxy) is 1. The highest BCUT2D eigenvalue weighted by molar-refractivity contribution is 6.76. The molecule has 0 bridgehead atoms. The van der Waals surface area contributed by atoms with Gasteiger partial charge in [0.25, 0.3) is 0 Å². The number of halogens is 6. The second-order valence-corrected chi connectivity index (χ2v) is 22.8. The van der Waals surface area contributed by atoms with Gasteiger partial charge in [-0.2, -0.15) is 26.3 Å². The van der Waals surface area contributed by atoms with Crippen molar-refractivity contribution in [2.24, 2.45) is 0 Å². The Balaban J connectivity index is 0.000000202. The Morgan fingerprint density at radius 2 is 1.44 bits per heavy atom. The molecule has 2 N–H and O–H groups in total. The van der Waals surface area contributed by atoms with Gasteiger partial charge >= 0.3 is 18.4 Å². The van der Waals surface area contributed by atoms with Gasteiger partial charge in [-0.15, -0.1) is 0 Å². The lowest BCUT2D eigenvalue weighted by atomic mass is 10.1. The highest BCUT2D eigenvalue weighted by atomic mass is 28.3. The molecule has 0 aromatic carbocycles. The second-order valence-electron chi connectivity index (χ2n) is 17.2. The molecule has 8 rings (SSSR count). The number of aromatic amines is 1. The molecule has 0 aliphatic carbocycles. The van der Waals surface area contributed by atoms with E-state index < -0.39 is 51.8 Å². The van der Waals surface area contributed by atoms with Crippen molar-refractivity contribution in [1.29, 1.82) is 0 Å². The maximum atomic E-state index is 12.7. The fourth-order valence-corrected chi connectivity index (χ4v) is 8.71. The molecule has 2 aliphatic heterocycles. The molecule has 16 nitrogen and oxygen atoms in total. The zero-order valence-electron chi connectivity index (χ0n) is 36.4. The molecule has 8 heterocycles. The molecule has 348 valence electrons. The quantitative estimate of drug-likeness (QED) is 0.0529. The van der Waals surface area contributed by atoms with E-state index >= 15 is 0 Å². The monoisotopic (exact) mass is 935 g/mol. The molecule has 6 aromatic heterocycles. The number of hydrogen-bond acceptors (Lipinski definition) is 9. The van der Waals surface area contributed by atoms with E-state index in [0.717, 1.165) is 33.6 Å². The minimum Gasteiger partial charge on any atom is -0.361 e. The standard InChI is InChI=1S/C24H30F3N7O2Si.C19H17F3N6O/c1-28-19-13-34(23(35)29-8-7-24(25,26)27)20-14-32(9-5-17(19)20)21-18-6-10-33(22(18)31-15-30-21)16-36-11-12-37(2,3)4;1-23-14-9-28(16(29)3-2-6-19(20,21)22)15-10-27(8-5-12(14)15)18-13-4-7-24-17(13)25-11-26-18/h6,10,13,15H,5,7-9,11-12,14,16H2,2-4H3,(H,29,35);4,7,9,11H,2-3,5-6,8,10H2,(H,24,25,26). The van der Waals surface area contributed by atoms with Crippen molar-refractivity contribution in [3.63, 3.8) is 0 Å². The number of anilines is 2. The Kier molecular flexibility index (Phi) is 13.9. The third kappa shape index (κ3) is 11.0. The molecule has 1 amide bonds. The number of fused-ring (bicyclic) bond motifs is 4. The van der Waals surface area contributed by atoms with Gasteiger partial charge in [0.05, 0.1) is 43.4 Å². The molecule has 23 heteroatoms. The van der Waals surface area contributed by atoms with Gasteiger partial charge in [0, 0.05) is 83.3 Å². The van der Waals surface area contributed by atoms with Gasteiger partial charge in [-0.3, -0.25) is 9.36 Å². The molecule has 0 saturated heterocycles. The Labute approximate surface area is 376 Å². The van der Waals surface area contributed by atoms with Crippen LogP contribution in [-0.2, 0) is 37.4 Å². The average molecular weight is 936 g/mol. The molecule has 0 unspecified atom stereocenters. The van der Waals surface area contributed by atoms with Gasteiger partial charge < -0.3 is 34.0 Å². The van der Waals surface area contributed by atoms with Crippen molar-refractivity contribution in [2.75, 3.05) is 36.0 Å². The molecule has 0 radical (unpaired) electrons. The van der Waals surface area contributed by atoms with Gasteiger partial charge in [-0.1, -0.05) is 19.6 Å². The Hall–Kier alpha value is -6.72. The Morgan fingerprint density at radius 1 is 0.833 bits per heavy atom. The number of carbonyl (C=O) groups is 2. The molecule has 2 aliphatic rings. The molecule has 6 aromatic rings. The van der Waals surface area contributed by atoms with Crippen LogP contribution < -0.4 is 15.1 Å². The lowest BCUT2D eigenvalue weighted by Gasteiger charge is -2.30. The summed E-state index contributed by atoms with van der Waals surface area (Å²) in [5.74, 6) is 0.964. The normalized spacial score (nSPS) is 14.0. The van der Waals surface area contributed by atoms with Crippen molar-refractivity contribution in [3.8, 4) is 0 Å². The third-order valence-corrected chi connectivity index (χ3v) is 13.0. The summed E-state index contributed by atoms with van der Waals surface area (Å²) < 4.78 is 85.2. The number of rotatable bonds is 12. The predicted octanol–water partition coefficient (Wildman–Crippen LogP) is 9.41. The number of hydrogen-bond donors (Lipinski definition) is 2. The molecule has 66 heavy (non-hydrogen) atoms. The van der Waals surface area contributed by atoms with Crippen LogP contribution in [0.2, 0.25) is 25.7 Å². The molecular formula is C43H47F6N13O3Si. The Morgan fingerprint density at radius 3 is 2.06 bits per heavy atom. The van der Waals surface area contributed by atoms with Crippen molar-refractivity contribution in [3.05, 3.63) is 94.9 Å². The minimum atomic E-state index is -4.37. The maximum absolute atomic E-state index is 12.7. The number of amides is 1. The van der Waals surface area contributed by atoms with Crippen molar-refractivity contribution >= 4 is 65.1 Å². The van der Waals surface area contributed by atoms with E-state index in [2.05, 4.69) is 59.6 Å². The fraction of sp³-hybridized carbons (Fsp3) is 0.442. The molecule has 0 saturated carbocycles. The zero-order chi connectivity index (χ0) is 47.4. The SMILES string of the molecule is [C-]#[N+]c1cn(C(=O)CCCC(F)(F)F)c2c1CCN(c1ncnc3[nH]ccc13)C2.[C-]#[N+]c1cn(C(=O)NCCC(F)(F)F)c2c1CCN(c1ncnc3c1ccn3COCC[Si](C)(C)C)C2. The number of H-pyrrole nitrogens is 1. The van der Waals surface area contributed by atoms with E-state index in [1.165, 1.54) is 34.2 Å². The van der Waals surface area contributed by atoms with E-state index in [4.69, 9.17) is 17.9 Å². The van der Waals surface area contributed by atoms with Crippen LogP contribution in [0.25, 0.3) is 31.8 Å². The van der Waals surface area contributed by atoms with Gasteiger partial charge in [0.1, 0.15) is 42.3 Å². The van der Waals surface area contributed by atoms with E-state index in [9.17, 15) is 35.9 Å². The van der Waals surface area contributed by atoms with Crippen molar-refractivity contribution in [1.82, 2.24) is 43.9 Å². The number of nitrogens with one attached hydrogen (secondary N) is 2. The van der Waals surface area contributed by atoms with Gasteiger partial charge in [-0.25, -0.2) is 34.4 Å².